The lowest BCUT2D eigenvalue weighted by atomic mass is 10.1. The van der Waals surface area contributed by atoms with Crippen LogP contribution < -0.4 is 5.32 Å². The summed E-state index contributed by atoms with van der Waals surface area (Å²) in [5.74, 6) is -0.279. The molecule has 1 aromatic heterocycles. The average molecular weight is 281 g/mol. The van der Waals surface area contributed by atoms with Crippen molar-refractivity contribution in [3.8, 4) is 0 Å². The first-order chi connectivity index (χ1) is 9.62. The van der Waals surface area contributed by atoms with E-state index in [0.717, 1.165) is 25.2 Å². The summed E-state index contributed by atoms with van der Waals surface area (Å²) in [6.07, 6.45) is 4.63. The maximum atomic E-state index is 13.0. The van der Waals surface area contributed by atoms with Gasteiger partial charge >= 0.3 is 0 Å². The van der Waals surface area contributed by atoms with Gasteiger partial charge in [-0.3, -0.25) is 4.98 Å². The van der Waals surface area contributed by atoms with Crippen molar-refractivity contribution in [1.29, 1.82) is 0 Å². The Morgan fingerprint density at radius 2 is 1.95 bits per heavy atom. The van der Waals surface area contributed by atoms with Crippen LogP contribution in [0.25, 0.3) is 0 Å². The van der Waals surface area contributed by atoms with E-state index in [1.807, 2.05) is 0 Å². The lowest BCUT2D eigenvalue weighted by Gasteiger charge is -2.28. The molecular weight excluding hydrogens is 253 g/mol. The van der Waals surface area contributed by atoms with Crippen LogP contribution in [0.15, 0.2) is 18.3 Å². The molecule has 0 aliphatic heterocycles. The van der Waals surface area contributed by atoms with E-state index >= 15 is 0 Å². The van der Waals surface area contributed by atoms with E-state index in [0.29, 0.717) is 6.04 Å². The van der Waals surface area contributed by atoms with Gasteiger partial charge in [0.15, 0.2) is 0 Å². The summed E-state index contributed by atoms with van der Waals surface area (Å²) in [4.78, 5) is 6.61. The molecule has 0 fully saturated rings. The molecule has 114 valence electrons. The van der Waals surface area contributed by atoms with Crippen molar-refractivity contribution >= 4 is 0 Å². The van der Waals surface area contributed by atoms with Crippen LogP contribution in [-0.4, -0.2) is 36.1 Å². The van der Waals surface area contributed by atoms with Crippen LogP contribution in [0.3, 0.4) is 0 Å². The molecule has 1 heterocycles. The topological polar surface area (TPSA) is 28.2 Å². The summed E-state index contributed by atoms with van der Waals surface area (Å²) in [6, 6.07) is 4.09. The Hall–Kier alpha value is -1.00. The van der Waals surface area contributed by atoms with Gasteiger partial charge in [0.2, 0.25) is 0 Å². The molecule has 0 saturated carbocycles. The highest BCUT2D eigenvalue weighted by atomic mass is 19.1. The molecule has 1 rings (SSSR count). The average Bonchev–Trinajstić information content (AvgIpc) is 2.46. The molecule has 1 N–H and O–H groups in total. The van der Waals surface area contributed by atoms with Gasteiger partial charge in [-0.15, -0.1) is 0 Å². The number of aromatic nitrogens is 1. The van der Waals surface area contributed by atoms with E-state index in [2.05, 4.69) is 43.0 Å². The summed E-state index contributed by atoms with van der Waals surface area (Å²) in [5, 5.41) is 3.44. The van der Waals surface area contributed by atoms with Crippen molar-refractivity contribution in [2.75, 3.05) is 20.1 Å². The van der Waals surface area contributed by atoms with Crippen molar-refractivity contribution in [1.82, 2.24) is 15.2 Å². The van der Waals surface area contributed by atoms with Crippen LogP contribution >= 0.6 is 0 Å². The lowest BCUT2D eigenvalue weighted by molar-refractivity contribution is 0.217. The minimum atomic E-state index is -0.279. The largest absolute Gasteiger partial charge is 0.309 e. The summed E-state index contributed by atoms with van der Waals surface area (Å²) in [6.45, 7) is 8.45. The highest BCUT2D eigenvalue weighted by Gasteiger charge is 2.15. The maximum Gasteiger partial charge on any atom is 0.141 e. The van der Waals surface area contributed by atoms with Crippen LogP contribution in [-0.2, 0) is 0 Å². The molecule has 0 radical (unpaired) electrons. The minimum Gasteiger partial charge on any atom is -0.309 e. The zero-order chi connectivity index (χ0) is 15.0. The Morgan fingerprint density at radius 3 is 2.45 bits per heavy atom. The fourth-order valence-electron chi connectivity index (χ4n) is 2.62. The van der Waals surface area contributed by atoms with Gasteiger partial charge in [0.25, 0.3) is 0 Å². The van der Waals surface area contributed by atoms with Crippen molar-refractivity contribution in [2.45, 2.75) is 52.1 Å². The summed E-state index contributed by atoms with van der Waals surface area (Å²) >= 11 is 0. The van der Waals surface area contributed by atoms with Gasteiger partial charge in [0, 0.05) is 6.04 Å². The highest BCUT2D eigenvalue weighted by Crippen LogP contribution is 2.16. The molecule has 20 heavy (non-hydrogen) atoms. The zero-order valence-electron chi connectivity index (χ0n) is 13.2. The second-order valence-electron chi connectivity index (χ2n) is 5.25. The van der Waals surface area contributed by atoms with Gasteiger partial charge in [-0.2, -0.15) is 0 Å². The molecular formula is C16H28FN3. The van der Waals surface area contributed by atoms with Gasteiger partial charge in [-0.05, 0) is 51.5 Å². The number of nitrogens with one attached hydrogen (secondary N) is 1. The highest BCUT2D eigenvalue weighted by molar-refractivity contribution is 5.10. The molecule has 0 bridgehead atoms. The molecule has 1 aromatic rings. The van der Waals surface area contributed by atoms with E-state index in [-0.39, 0.29) is 11.9 Å². The molecule has 0 saturated heterocycles. The van der Waals surface area contributed by atoms with Gasteiger partial charge in [0.1, 0.15) is 5.82 Å². The zero-order valence-corrected chi connectivity index (χ0v) is 13.2. The van der Waals surface area contributed by atoms with E-state index < -0.39 is 0 Å². The Morgan fingerprint density at radius 1 is 1.25 bits per heavy atom. The molecule has 0 aromatic carbocycles. The van der Waals surface area contributed by atoms with E-state index in [1.165, 1.54) is 25.1 Å². The molecule has 3 nitrogen and oxygen atoms in total. The number of hydrogen-bond acceptors (Lipinski definition) is 3. The Bertz CT molecular complexity index is 362. The predicted molar refractivity (Wildman–Crippen MR) is 82.2 cm³/mol. The second-order valence-corrected chi connectivity index (χ2v) is 5.25. The third-order valence-electron chi connectivity index (χ3n) is 3.89. The first-order valence-electron chi connectivity index (χ1n) is 7.67. The van der Waals surface area contributed by atoms with Crippen molar-refractivity contribution < 1.29 is 4.39 Å². The summed E-state index contributed by atoms with van der Waals surface area (Å²) in [7, 11) is 2.18. The normalized spacial score (nSPS) is 13.2. The fourth-order valence-corrected chi connectivity index (χ4v) is 2.62. The fraction of sp³-hybridized carbons (Fsp3) is 0.688. The Kier molecular flexibility index (Phi) is 7.70. The Balaban J connectivity index is 2.61. The number of rotatable bonds is 9. The molecule has 0 aliphatic rings. The number of halogens is 1. The number of hydrogen-bond donors (Lipinski definition) is 1. The quantitative estimate of drug-likeness (QED) is 0.752. The monoisotopic (exact) mass is 281 g/mol. The maximum absolute atomic E-state index is 13.0. The van der Waals surface area contributed by atoms with Crippen LogP contribution in [0, 0.1) is 5.82 Å². The molecule has 0 spiro atoms. The standard InChI is InChI=1S/C16H28FN3/c1-5-14(6-2)20(4)11-10-16(18-7-3)15-9-8-13(17)12-19-15/h8-9,12,14,16,18H,5-7,10-11H2,1-4H3. The molecule has 4 heteroatoms. The Labute approximate surface area is 122 Å². The van der Waals surface area contributed by atoms with Crippen LogP contribution in [0.1, 0.15) is 51.8 Å². The third-order valence-corrected chi connectivity index (χ3v) is 3.89. The molecule has 1 atom stereocenters. The summed E-state index contributed by atoms with van der Waals surface area (Å²) in [5.41, 5.74) is 0.922. The summed E-state index contributed by atoms with van der Waals surface area (Å²) < 4.78 is 13.0. The second kappa shape index (κ2) is 9.03. The SMILES string of the molecule is CCNC(CCN(C)C(CC)CC)c1ccc(F)cn1. The smallest absolute Gasteiger partial charge is 0.141 e. The first kappa shape index (κ1) is 17.1. The van der Waals surface area contributed by atoms with E-state index in [1.54, 1.807) is 6.07 Å². The molecule has 0 aliphatic carbocycles. The van der Waals surface area contributed by atoms with Crippen LogP contribution in [0.4, 0.5) is 4.39 Å². The van der Waals surface area contributed by atoms with Gasteiger partial charge < -0.3 is 10.2 Å². The van der Waals surface area contributed by atoms with Crippen molar-refractivity contribution in [3.63, 3.8) is 0 Å². The van der Waals surface area contributed by atoms with Gasteiger partial charge in [-0.1, -0.05) is 20.8 Å². The van der Waals surface area contributed by atoms with E-state index in [9.17, 15) is 4.39 Å². The van der Waals surface area contributed by atoms with E-state index in [4.69, 9.17) is 0 Å². The molecule has 1 unspecified atom stereocenters. The van der Waals surface area contributed by atoms with Crippen LogP contribution in [0.2, 0.25) is 0 Å². The van der Waals surface area contributed by atoms with Crippen molar-refractivity contribution in [3.05, 3.63) is 29.8 Å². The number of pyridine rings is 1. The molecule has 0 amide bonds. The van der Waals surface area contributed by atoms with Crippen LogP contribution in [0.5, 0.6) is 0 Å². The lowest BCUT2D eigenvalue weighted by Crippen LogP contribution is -2.34. The van der Waals surface area contributed by atoms with Crippen molar-refractivity contribution in [2.24, 2.45) is 0 Å². The number of nitrogens with zero attached hydrogens (tertiary/aromatic N) is 2. The first-order valence-corrected chi connectivity index (χ1v) is 7.67. The van der Waals surface area contributed by atoms with Gasteiger partial charge in [-0.25, -0.2) is 4.39 Å². The van der Waals surface area contributed by atoms with Gasteiger partial charge in [0.05, 0.1) is 17.9 Å². The minimum absolute atomic E-state index is 0.192. The third kappa shape index (κ3) is 5.17. The predicted octanol–water partition coefficient (Wildman–Crippen LogP) is 3.38.